The van der Waals surface area contributed by atoms with Gasteiger partial charge in [0, 0.05) is 34.9 Å². The summed E-state index contributed by atoms with van der Waals surface area (Å²) >= 11 is 12.0. The Labute approximate surface area is 134 Å². The lowest BCUT2D eigenvalue weighted by atomic mass is 10.1. The molecule has 21 heavy (non-hydrogen) atoms. The number of aryl methyl sites for hydroxylation is 1. The standard InChI is InChI=1S/C16H18Cl2N2O/c1-2-11-4-3-7-20-15(11)9-19-10-16(21)13-8-12(17)5-6-14(13)18/h3-8,16,19,21H,2,9-10H2,1H3. The van der Waals surface area contributed by atoms with Crippen molar-refractivity contribution in [1.82, 2.24) is 10.3 Å². The van der Waals surface area contributed by atoms with E-state index in [4.69, 9.17) is 23.2 Å². The van der Waals surface area contributed by atoms with Gasteiger partial charge in [-0.1, -0.05) is 36.2 Å². The molecule has 0 spiro atoms. The molecule has 0 saturated carbocycles. The summed E-state index contributed by atoms with van der Waals surface area (Å²) in [7, 11) is 0. The molecule has 1 unspecified atom stereocenters. The highest BCUT2D eigenvalue weighted by molar-refractivity contribution is 6.33. The number of hydrogen-bond donors (Lipinski definition) is 2. The third kappa shape index (κ3) is 4.42. The number of benzene rings is 1. The third-order valence-electron chi connectivity index (χ3n) is 3.31. The monoisotopic (exact) mass is 324 g/mol. The van der Waals surface area contributed by atoms with Crippen LogP contribution >= 0.6 is 23.2 Å². The fraction of sp³-hybridized carbons (Fsp3) is 0.312. The van der Waals surface area contributed by atoms with E-state index >= 15 is 0 Å². The number of nitrogens with one attached hydrogen (secondary N) is 1. The van der Waals surface area contributed by atoms with Crippen LogP contribution in [0.1, 0.15) is 29.8 Å². The molecule has 1 aromatic heterocycles. The van der Waals surface area contributed by atoms with Crippen molar-refractivity contribution < 1.29 is 5.11 Å². The summed E-state index contributed by atoms with van der Waals surface area (Å²) < 4.78 is 0. The van der Waals surface area contributed by atoms with Crippen LogP contribution in [0.2, 0.25) is 10.0 Å². The Morgan fingerprint density at radius 3 is 2.86 bits per heavy atom. The van der Waals surface area contributed by atoms with Gasteiger partial charge in [0.05, 0.1) is 11.8 Å². The summed E-state index contributed by atoms with van der Waals surface area (Å²) in [5, 5.41) is 14.5. The Kier molecular flexibility index (Phi) is 6.00. The van der Waals surface area contributed by atoms with Crippen molar-refractivity contribution in [2.45, 2.75) is 26.0 Å². The molecule has 0 radical (unpaired) electrons. The van der Waals surface area contributed by atoms with E-state index in [-0.39, 0.29) is 0 Å². The highest BCUT2D eigenvalue weighted by Gasteiger charge is 2.12. The Morgan fingerprint density at radius 1 is 1.29 bits per heavy atom. The van der Waals surface area contributed by atoms with Crippen molar-refractivity contribution in [2.24, 2.45) is 0 Å². The molecule has 0 saturated heterocycles. The van der Waals surface area contributed by atoms with E-state index in [0.717, 1.165) is 12.1 Å². The molecule has 1 atom stereocenters. The number of aromatic nitrogens is 1. The smallest absolute Gasteiger partial charge is 0.0929 e. The van der Waals surface area contributed by atoms with E-state index < -0.39 is 6.10 Å². The molecule has 5 heteroatoms. The second kappa shape index (κ2) is 7.76. The maximum Gasteiger partial charge on any atom is 0.0929 e. The quantitative estimate of drug-likeness (QED) is 0.850. The molecule has 112 valence electrons. The number of pyridine rings is 1. The van der Waals surface area contributed by atoms with Crippen LogP contribution in [-0.4, -0.2) is 16.6 Å². The highest BCUT2D eigenvalue weighted by Crippen LogP contribution is 2.26. The van der Waals surface area contributed by atoms with E-state index in [1.165, 1.54) is 5.56 Å². The van der Waals surface area contributed by atoms with Gasteiger partial charge in [-0.2, -0.15) is 0 Å². The van der Waals surface area contributed by atoms with Crippen LogP contribution < -0.4 is 5.32 Å². The molecule has 3 nitrogen and oxygen atoms in total. The number of rotatable bonds is 6. The summed E-state index contributed by atoms with van der Waals surface area (Å²) in [5.41, 5.74) is 2.85. The third-order valence-corrected chi connectivity index (χ3v) is 3.89. The normalized spacial score (nSPS) is 12.4. The van der Waals surface area contributed by atoms with E-state index in [2.05, 4.69) is 23.3 Å². The molecule has 1 heterocycles. The van der Waals surface area contributed by atoms with Gasteiger partial charge in [-0.05, 0) is 36.2 Å². The molecule has 0 bridgehead atoms. The predicted molar refractivity (Wildman–Crippen MR) is 86.7 cm³/mol. The van der Waals surface area contributed by atoms with Gasteiger partial charge in [0.15, 0.2) is 0 Å². The number of aliphatic hydroxyl groups excluding tert-OH is 1. The van der Waals surface area contributed by atoms with E-state index in [1.807, 2.05) is 6.07 Å². The molecule has 2 N–H and O–H groups in total. The molecule has 0 fully saturated rings. The summed E-state index contributed by atoms with van der Waals surface area (Å²) in [6.45, 7) is 3.10. The van der Waals surface area contributed by atoms with Gasteiger partial charge in [-0.25, -0.2) is 0 Å². The number of halogens is 2. The minimum absolute atomic E-state index is 0.389. The van der Waals surface area contributed by atoms with E-state index in [0.29, 0.717) is 28.7 Å². The maximum atomic E-state index is 10.2. The largest absolute Gasteiger partial charge is 0.387 e. The van der Waals surface area contributed by atoms with E-state index in [9.17, 15) is 5.11 Å². The van der Waals surface area contributed by atoms with Gasteiger partial charge in [0.2, 0.25) is 0 Å². The van der Waals surface area contributed by atoms with Crippen molar-refractivity contribution in [3.8, 4) is 0 Å². The predicted octanol–water partition coefficient (Wildman–Crippen LogP) is 3.77. The van der Waals surface area contributed by atoms with Crippen LogP contribution in [0, 0.1) is 0 Å². The molecule has 0 aliphatic rings. The highest BCUT2D eigenvalue weighted by atomic mass is 35.5. The number of aliphatic hydroxyl groups is 1. The summed E-state index contributed by atoms with van der Waals surface area (Å²) in [5.74, 6) is 0. The lowest BCUT2D eigenvalue weighted by Gasteiger charge is -2.14. The Hall–Kier alpha value is -1.13. The van der Waals surface area contributed by atoms with Crippen LogP contribution in [0.15, 0.2) is 36.5 Å². The first-order valence-corrected chi connectivity index (χ1v) is 7.64. The Morgan fingerprint density at radius 2 is 2.10 bits per heavy atom. The summed E-state index contributed by atoms with van der Waals surface area (Å²) in [6.07, 6.45) is 2.01. The fourth-order valence-corrected chi connectivity index (χ4v) is 2.58. The Balaban J connectivity index is 1.95. The first kappa shape index (κ1) is 16.2. The van der Waals surface area contributed by atoms with Gasteiger partial charge >= 0.3 is 0 Å². The molecule has 2 aromatic rings. The van der Waals surface area contributed by atoms with Gasteiger partial charge < -0.3 is 10.4 Å². The van der Waals surface area contributed by atoms with E-state index in [1.54, 1.807) is 24.4 Å². The molecule has 1 aromatic carbocycles. The first-order valence-electron chi connectivity index (χ1n) is 6.88. The summed E-state index contributed by atoms with van der Waals surface area (Å²) in [4.78, 5) is 4.36. The van der Waals surface area contributed by atoms with Crippen LogP contribution in [0.4, 0.5) is 0 Å². The fourth-order valence-electron chi connectivity index (χ4n) is 2.16. The van der Waals surface area contributed by atoms with Gasteiger partial charge in [-0.15, -0.1) is 0 Å². The van der Waals surface area contributed by atoms with Crippen LogP contribution in [0.5, 0.6) is 0 Å². The second-order valence-electron chi connectivity index (χ2n) is 4.78. The average molecular weight is 325 g/mol. The minimum Gasteiger partial charge on any atom is -0.387 e. The zero-order valence-electron chi connectivity index (χ0n) is 11.8. The lowest BCUT2D eigenvalue weighted by Crippen LogP contribution is -2.22. The molecule has 0 aliphatic heterocycles. The maximum absolute atomic E-state index is 10.2. The van der Waals surface area contributed by atoms with Gasteiger partial charge in [-0.3, -0.25) is 4.98 Å². The first-order chi connectivity index (χ1) is 10.1. The SMILES string of the molecule is CCc1cccnc1CNCC(O)c1cc(Cl)ccc1Cl. The van der Waals surface area contributed by atoms with Crippen LogP contribution in [0.25, 0.3) is 0 Å². The zero-order valence-corrected chi connectivity index (χ0v) is 13.3. The van der Waals surface area contributed by atoms with Gasteiger partial charge in [0.1, 0.15) is 0 Å². The van der Waals surface area contributed by atoms with Crippen molar-refractivity contribution in [2.75, 3.05) is 6.54 Å². The topological polar surface area (TPSA) is 45.2 Å². The minimum atomic E-state index is -0.704. The van der Waals surface area contributed by atoms with Crippen LogP contribution in [0.3, 0.4) is 0 Å². The molecular weight excluding hydrogens is 307 g/mol. The molecule has 2 rings (SSSR count). The van der Waals surface area contributed by atoms with Crippen molar-refractivity contribution in [1.29, 1.82) is 0 Å². The molecular formula is C16H18Cl2N2O. The molecule has 0 amide bonds. The van der Waals surface area contributed by atoms with Crippen molar-refractivity contribution in [3.05, 3.63) is 63.4 Å². The number of hydrogen-bond acceptors (Lipinski definition) is 3. The Bertz CT molecular complexity index is 605. The summed E-state index contributed by atoms with van der Waals surface area (Å²) in [6, 6.07) is 9.08. The average Bonchev–Trinajstić information content (AvgIpc) is 2.50. The second-order valence-corrected chi connectivity index (χ2v) is 5.62. The molecule has 0 aliphatic carbocycles. The lowest BCUT2D eigenvalue weighted by molar-refractivity contribution is 0.174. The zero-order chi connectivity index (χ0) is 15.2. The van der Waals surface area contributed by atoms with Gasteiger partial charge in [0.25, 0.3) is 0 Å². The van der Waals surface area contributed by atoms with Crippen LogP contribution in [-0.2, 0) is 13.0 Å². The number of nitrogens with zero attached hydrogens (tertiary/aromatic N) is 1. The van der Waals surface area contributed by atoms with Crippen molar-refractivity contribution in [3.63, 3.8) is 0 Å². The van der Waals surface area contributed by atoms with Crippen molar-refractivity contribution >= 4 is 23.2 Å².